The molecule has 9 heteroatoms. The lowest BCUT2D eigenvalue weighted by atomic mass is 10.1. The number of hydrogen-bond acceptors (Lipinski definition) is 5. The topological polar surface area (TPSA) is 96.0 Å². The van der Waals surface area contributed by atoms with Gasteiger partial charge < -0.3 is 15.0 Å². The summed E-state index contributed by atoms with van der Waals surface area (Å²) in [6, 6.07) is 20.2. The van der Waals surface area contributed by atoms with Crippen LogP contribution in [0.4, 0.5) is 5.69 Å². The summed E-state index contributed by atoms with van der Waals surface area (Å²) in [4.78, 5) is 29.3. The van der Waals surface area contributed by atoms with Crippen LogP contribution in [-0.2, 0) is 32.6 Å². The first-order valence-corrected chi connectivity index (χ1v) is 15.9. The molecule has 0 bridgehead atoms. The number of carbonyl (C=O) groups is 2. The summed E-state index contributed by atoms with van der Waals surface area (Å²) >= 11 is 0. The zero-order valence-corrected chi connectivity index (χ0v) is 26.3. The van der Waals surface area contributed by atoms with Gasteiger partial charge in [-0.1, -0.05) is 68.8 Å². The summed E-state index contributed by atoms with van der Waals surface area (Å²) in [5, 5.41) is 3.00. The van der Waals surface area contributed by atoms with E-state index in [0.717, 1.165) is 23.1 Å². The van der Waals surface area contributed by atoms with Gasteiger partial charge in [0, 0.05) is 12.6 Å². The molecule has 0 radical (unpaired) electrons. The molecule has 0 saturated carbocycles. The number of ether oxygens (including phenoxy) is 1. The molecule has 226 valence electrons. The number of para-hydroxylation sites is 1. The number of nitrogens with one attached hydrogen (secondary N) is 1. The largest absolute Gasteiger partial charge is 0.497 e. The van der Waals surface area contributed by atoms with Gasteiger partial charge in [0.2, 0.25) is 11.8 Å². The van der Waals surface area contributed by atoms with Gasteiger partial charge in [0.25, 0.3) is 10.0 Å². The van der Waals surface area contributed by atoms with Crippen LogP contribution in [0.1, 0.15) is 57.2 Å². The quantitative estimate of drug-likeness (QED) is 0.267. The Morgan fingerprint density at radius 2 is 1.55 bits per heavy atom. The van der Waals surface area contributed by atoms with Gasteiger partial charge in [-0.05, 0) is 74.6 Å². The van der Waals surface area contributed by atoms with Crippen LogP contribution >= 0.6 is 0 Å². The molecule has 0 saturated heterocycles. The molecular weight excluding hydrogens is 550 g/mol. The third-order valence-corrected chi connectivity index (χ3v) is 9.20. The van der Waals surface area contributed by atoms with E-state index in [1.54, 1.807) is 55.6 Å². The fourth-order valence-electron chi connectivity index (χ4n) is 4.69. The Morgan fingerprint density at radius 3 is 2.12 bits per heavy atom. The van der Waals surface area contributed by atoms with Crippen molar-refractivity contribution in [1.82, 2.24) is 10.2 Å². The Balaban J connectivity index is 2.09. The van der Waals surface area contributed by atoms with Gasteiger partial charge in [0.15, 0.2) is 0 Å². The highest BCUT2D eigenvalue weighted by atomic mass is 32.2. The second kappa shape index (κ2) is 14.9. The second-order valence-electron chi connectivity index (χ2n) is 10.4. The Kier molecular flexibility index (Phi) is 11.6. The van der Waals surface area contributed by atoms with E-state index in [9.17, 15) is 18.0 Å². The molecule has 0 aliphatic heterocycles. The minimum atomic E-state index is -4.12. The molecule has 0 fully saturated rings. The summed E-state index contributed by atoms with van der Waals surface area (Å²) in [5.41, 5.74) is 2.95. The van der Waals surface area contributed by atoms with Crippen molar-refractivity contribution in [2.45, 2.75) is 77.4 Å². The highest BCUT2D eigenvalue weighted by molar-refractivity contribution is 7.92. The van der Waals surface area contributed by atoms with E-state index in [1.165, 1.54) is 9.21 Å². The SMILES string of the molecule is CCc1ccccc1N(CC(=O)N(Cc1ccc(OC)cc1)[C@H](CC)C(=O)N[C@@H](C)CC)S(=O)(=O)c1ccc(C)cc1. The van der Waals surface area contributed by atoms with E-state index < -0.39 is 28.5 Å². The van der Waals surface area contributed by atoms with Crippen LogP contribution in [0.3, 0.4) is 0 Å². The smallest absolute Gasteiger partial charge is 0.264 e. The van der Waals surface area contributed by atoms with Crippen LogP contribution in [-0.4, -0.2) is 50.9 Å². The molecule has 3 rings (SSSR count). The molecular formula is C33H43N3O5S. The van der Waals surface area contributed by atoms with Crippen molar-refractivity contribution < 1.29 is 22.7 Å². The number of carbonyl (C=O) groups excluding carboxylic acids is 2. The van der Waals surface area contributed by atoms with Gasteiger partial charge >= 0.3 is 0 Å². The maximum Gasteiger partial charge on any atom is 0.264 e. The molecule has 2 atom stereocenters. The highest BCUT2D eigenvalue weighted by Crippen LogP contribution is 2.28. The minimum absolute atomic E-state index is 0.0701. The molecule has 1 N–H and O–H groups in total. The van der Waals surface area contributed by atoms with Crippen molar-refractivity contribution in [3.63, 3.8) is 0 Å². The van der Waals surface area contributed by atoms with Gasteiger partial charge in [-0.3, -0.25) is 13.9 Å². The molecule has 0 aromatic heterocycles. The Hall–Kier alpha value is -3.85. The molecule has 0 aliphatic rings. The molecule has 2 amide bonds. The van der Waals surface area contributed by atoms with Crippen molar-refractivity contribution in [2.24, 2.45) is 0 Å². The fraction of sp³-hybridized carbons (Fsp3) is 0.394. The molecule has 3 aromatic rings. The number of nitrogens with zero attached hydrogens (tertiary/aromatic N) is 2. The number of amides is 2. The molecule has 0 unspecified atom stereocenters. The molecule has 8 nitrogen and oxygen atoms in total. The van der Waals surface area contributed by atoms with Crippen LogP contribution in [0, 0.1) is 6.92 Å². The van der Waals surface area contributed by atoms with Crippen molar-refractivity contribution in [1.29, 1.82) is 0 Å². The summed E-state index contributed by atoms with van der Waals surface area (Å²) in [6.45, 7) is 9.24. The van der Waals surface area contributed by atoms with Gasteiger partial charge in [-0.15, -0.1) is 0 Å². The van der Waals surface area contributed by atoms with E-state index in [2.05, 4.69) is 5.32 Å². The van der Waals surface area contributed by atoms with Gasteiger partial charge in [-0.2, -0.15) is 0 Å². The van der Waals surface area contributed by atoms with Crippen LogP contribution < -0.4 is 14.4 Å². The first-order chi connectivity index (χ1) is 20.0. The minimum Gasteiger partial charge on any atom is -0.497 e. The van der Waals surface area contributed by atoms with Crippen molar-refractivity contribution in [2.75, 3.05) is 18.0 Å². The van der Waals surface area contributed by atoms with E-state index in [4.69, 9.17) is 4.74 Å². The summed E-state index contributed by atoms with van der Waals surface area (Å²) in [7, 11) is -2.54. The van der Waals surface area contributed by atoms with Crippen molar-refractivity contribution >= 4 is 27.5 Å². The molecule has 0 spiro atoms. The number of rotatable bonds is 14. The third kappa shape index (κ3) is 7.91. The second-order valence-corrected chi connectivity index (χ2v) is 12.3. The Bertz CT molecular complexity index is 1440. The number of aryl methyl sites for hydroxylation is 2. The standard InChI is InChI=1S/C33H43N3O5S/c1-7-25(5)34-33(38)30(9-3)35(22-26-16-18-28(41-6)19-17-26)32(37)23-36(31-13-11-10-12-27(31)8-2)42(39,40)29-20-14-24(4)15-21-29/h10-21,25,30H,7-9,22-23H2,1-6H3,(H,34,38)/t25-,30+/m0/s1. The van der Waals surface area contributed by atoms with Crippen LogP contribution in [0.15, 0.2) is 77.7 Å². The molecule has 3 aromatic carbocycles. The summed E-state index contributed by atoms with van der Waals surface area (Å²) < 4.78 is 34.7. The van der Waals surface area contributed by atoms with Gasteiger partial charge in [0.05, 0.1) is 17.7 Å². The average Bonchev–Trinajstić information content (AvgIpc) is 2.99. The third-order valence-electron chi connectivity index (χ3n) is 7.43. The first kappa shape index (κ1) is 32.7. The first-order valence-electron chi connectivity index (χ1n) is 14.5. The monoisotopic (exact) mass is 593 g/mol. The van der Waals surface area contributed by atoms with Gasteiger partial charge in [-0.25, -0.2) is 8.42 Å². The number of hydrogen-bond donors (Lipinski definition) is 1. The van der Waals surface area contributed by atoms with Crippen LogP contribution in [0.5, 0.6) is 5.75 Å². The van der Waals surface area contributed by atoms with E-state index in [0.29, 0.717) is 24.3 Å². The Morgan fingerprint density at radius 1 is 0.905 bits per heavy atom. The zero-order valence-electron chi connectivity index (χ0n) is 25.5. The molecule has 0 heterocycles. The lowest BCUT2D eigenvalue weighted by Gasteiger charge is -2.34. The van der Waals surface area contributed by atoms with Crippen LogP contribution in [0.25, 0.3) is 0 Å². The van der Waals surface area contributed by atoms with E-state index >= 15 is 0 Å². The average molecular weight is 594 g/mol. The predicted molar refractivity (Wildman–Crippen MR) is 167 cm³/mol. The zero-order chi connectivity index (χ0) is 30.9. The Labute approximate surface area is 250 Å². The molecule has 0 aliphatic carbocycles. The van der Waals surface area contributed by atoms with Crippen molar-refractivity contribution in [3.05, 3.63) is 89.5 Å². The maximum atomic E-state index is 14.3. The van der Waals surface area contributed by atoms with E-state index in [-0.39, 0.29) is 23.4 Å². The molecule has 42 heavy (non-hydrogen) atoms. The maximum absolute atomic E-state index is 14.3. The highest BCUT2D eigenvalue weighted by Gasteiger charge is 2.34. The summed E-state index contributed by atoms with van der Waals surface area (Å²) in [5.74, 6) is -0.0705. The normalized spacial score (nSPS) is 12.7. The van der Waals surface area contributed by atoms with Gasteiger partial charge in [0.1, 0.15) is 18.3 Å². The number of methoxy groups -OCH3 is 1. The number of sulfonamides is 1. The lowest BCUT2D eigenvalue weighted by molar-refractivity contribution is -0.140. The lowest BCUT2D eigenvalue weighted by Crippen LogP contribution is -2.53. The number of benzene rings is 3. The fourth-order valence-corrected chi connectivity index (χ4v) is 6.14. The van der Waals surface area contributed by atoms with Crippen molar-refractivity contribution in [3.8, 4) is 5.75 Å². The number of anilines is 1. The van der Waals surface area contributed by atoms with E-state index in [1.807, 2.05) is 58.9 Å². The van der Waals surface area contributed by atoms with Crippen LogP contribution in [0.2, 0.25) is 0 Å². The predicted octanol–water partition coefficient (Wildman–Crippen LogP) is 5.48. The summed E-state index contributed by atoms with van der Waals surface area (Å²) in [6.07, 6.45) is 1.68.